The minimum Gasteiger partial charge on any atom is -0.378 e. The second-order valence-corrected chi connectivity index (χ2v) is 7.53. The van der Waals surface area contributed by atoms with Crippen LogP contribution in [0.5, 0.6) is 0 Å². The van der Waals surface area contributed by atoms with Crippen LogP contribution in [0.25, 0.3) is 0 Å². The number of carbonyl (C=O) groups is 1. The minimum atomic E-state index is 0.0117. The Morgan fingerprint density at radius 3 is 2.24 bits per heavy atom. The van der Waals surface area contributed by atoms with Crippen LogP contribution in [0.1, 0.15) is 34.8 Å². The fourth-order valence-electron chi connectivity index (χ4n) is 2.53. The number of hydrogen-bond donors (Lipinski definition) is 1. The summed E-state index contributed by atoms with van der Waals surface area (Å²) in [6.07, 6.45) is 1.92. The van der Waals surface area contributed by atoms with Crippen LogP contribution in [0.3, 0.4) is 0 Å². The van der Waals surface area contributed by atoms with Crippen molar-refractivity contribution >= 4 is 23.4 Å². The molecule has 2 aromatic carbocycles. The lowest BCUT2D eigenvalue weighted by Gasteiger charge is -2.12. The van der Waals surface area contributed by atoms with Crippen molar-refractivity contribution in [3.63, 3.8) is 0 Å². The first kappa shape index (κ1) is 19.4. The molecule has 1 N–H and O–H groups in total. The Kier molecular flexibility index (Phi) is 7.86. The van der Waals surface area contributed by atoms with Crippen molar-refractivity contribution in [1.82, 2.24) is 5.32 Å². The number of hydrogen-bond acceptors (Lipinski definition) is 3. The van der Waals surface area contributed by atoms with Crippen molar-refractivity contribution in [2.75, 3.05) is 31.3 Å². The van der Waals surface area contributed by atoms with E-state index in [0.717, 1.165) is 29.9 Å². The monoisotopic (exact) mass is 356 g/mol. The zero-order chi connectivity index (χ0) is 18.1. The standard InChI is InChI=1S/C21H28N2OS/c1-4-25-16-18-7-11-19(12-8-18)21(24)22-15-5-6-17-9-13-20(14-10-17)23(2)3/h7-14H,4-6,15-16H2,1-3H3,(H,22,24). The number of nitrogens with one attached hydrogen (secondary N) is 1. The highest BCUT2D eigenvalue weighted by Crippen LogP contribution is 2.14. The Labute approximate surface area is 155 Å². The minimum absolute atomic E-state index is 0.0117. The van der Waals surface area contributed by atoms with Gasteiger partial charge in [0.2, 0.25) is 0 Å². The van der Waals surface area contributed by atoms with Crippen LogP contribution >= 0.6 is 11.8 Å². The molecule has 0 saturated heterocycles. The van der Waals surface area contributed by atoms with E-state index in [4.69, 9.17) is 0 Å². The molecule has 2 rings (SSSR count). The first-order valence-corrected chi connectivity index (χ1v) is 9.96. The first-order valence-electron chi connectivity index (χ1n) is 8.81. The molecule has 0 aliphatic heterocycles. The van der Waals surface area contributed by atoms with E-state index < -0.39 is 0 Å². The lowest BCUT2D eigenvalue weighted by Crippen LogP contribution is -2.24. The summed E-state index contributed by atoms with van der Waals surface area (Å²) >= 11 is 1.89. The number of thioether (sulfide) groups is 1. The average Bonchev–Trinajstić information content (AvgIpc) is 2.64. The van der Waals surface area contributed by atoms with Crippen molar-refractivity contribution in [3.8, 4) is 0 Å². The number of anilines is 1. The molecule has 4 heteroatoms. The summed E-state index contributed by atoms with van der Waals surface area (Å²) in [7, 11) is 4.08. The maximum atomic E-state index is 12.2. The molecule has 0 unspecified atom stereocenters. The zero-order valence-electron chi connectivity index (χ0n) is 15.4. The fraction of sp³-hybridized carbons (Fsp3) is 0.381. The molecule has 0 aliphatic rings. The average molecular weight is 357 g/mol. The number of nitrogens with zero attached hydrogens (tertiary/aromatic N) is 1. The molecule has 0 radical (unpaired) electrons. The van der Waals surface area contributed by atoms with Crippen LogP contribution in [0, 0.1) is 0 Å². The molecule has 0 heterocycles. The number of amides is 1. The highest BCUT2D eigenvalue weighted by atomic mass is 32.2. The third-order valence-electron chi connectivity index (χ3n) is 4.07. The zero-order valence-corrected chi connectivity index (χ0v) is 16.2. The molecular formula is C21H28N2OS. The molecule has 25 heavy (non-hydrogen) atoms. The lowest BCUT2D eigenvalue weighted by molar-refractivity contribution is 0.0953. The number of benzene rings is 2. The van der Waals surface area contributed by atoms with Crippen LogP contribution in [-0.4, -0.2) is 32.3 Å². The van der Waals surface area contributed by atoms with Gasteiger partial charge in [-0.3, -0.25) is 4.79 Å². The molecule has 0 spiro atoms. The Morgan fingerprint density at radius 1 is 1.00 bits per heavy atom. The molecule has 0 saturated carbocycles. The molecule has 0 bridgehead atoms. The van der Waals surface area contributed by atoms with Gasteiger partial charge >= 0.3 is 0 Å². The van der Waals surface area contributed by atoms with Crippen LogP contribution in [0.4, 0.5) is 5.69 Å². The Hall–Kier alpha value is -1.94. The van der Waals surface area contributed by atoms with E-state index in [1.807, 2.05) is 50.1 Å². The van der Waals surface area contributed by atoms with Gasteiger partial charge in [-0.2, -0.15) is 11.8 Å². The van der Waals surface area contributed by atoms with Crippen molar-refractivity contribution in [2.45, 2.75) is 25.5 Å². The predicted molar refractivity (Wildman–Crippen MR) is 110 cm³/mol. The normalized spacial score (nSPS) is 10.5. The van der Waals surface area contributed by atoms with Crippen LogP contribution in [0.2, 0.25) is 0 Å². The van der Waals surface area contributed by atoms with E-state index in [9.17, 15) is 4.79 Å². The molecule has 3 nitrogen and oxygen atoms in total. The van der Waals surface area contributed by atoms with E-state index in [-0.39, 0.29) is 5.91 Å². The van der Waals surface area contributed by atoms with Gasteiger partial charge in [-0.05, 0) is 54.0 Å². The van der Waals surface area contributed by atoms with Gasteiger partial charge in [-0.15, -0.1) is 0 Å². The summed E-state index contributed by atoms with van der Waals surface area (Å²) in [4.78, 5) is 14.3. The van der Waals surface area contributed by atoms with E-state index in [0.29, 0.717) is 6.54 Å². The van der Waals surface area contributed by atoms with E-state index in [1.54, 1.807) is 0 Å². The van der Waals surface area contributed by atoms with Crippen molar-refractivity contribution in [3.05, 3.63) is 65.2 Å². The molecular weight excluding hydrogens is 328 g/mol. The smallest absolute Gasteiger partial charge is 0.251 e. The highest BCUT2D eigenvalue weighted by Gasteiger charge is 2.05. The number of aryl methyl sites for hydroxylation is 1. The second kappa shape index (κ2) is 10.1. The Morgan fingerprint density at radius 2 is 1.64 bits per heavy atom. The fourth-order valence-corrected chi connectivity index (χ4v) is 3.16. The van der Waals surface area contributed by atoms with Crippen molar-refractivity contribution in [2.24, 2.45) is 0 Å². The van der Waals surface area contributed by atoms with E-state index >= 15 is 0 Å². The number of carbonyl (C=O) groups excluding carboxylic acids is 1. The van der Waals surface area contributed by atoms with Gasteiger partial charge in [0.15, 0.2) is 0 Å². The van der Waals surface area contributed by atoms with Gasteiger partial charge < -0.3 is 10.2 Å². The molecule has 2 aromatic rings. The molecule has 0 aliphatic carbocycles. The SMILES string of the molecule is CCSCc1ccc(C(=O)NCCCc2ccc(N(C)C)cc2)cc1. The first-order chi connectivity index (χ1) is 12.1. The molecule has 0 atom stereocenters. The van der Waals surface area contributed by atoms with Crippen LogP contribution in [-0.2, 0) is 12.2 Å². The summed E-state index contributed by atoms with van der Waals surface area (Å²) in [5.74, 6) is 2.13. The molecule has 0 fully saturated rings. The Bertz CT molecular complexity index is 651. The van der Waals surface area contributed by atoms with Gasteiger partial charge in [0, 0.05) is 37.6 Å². The van der Waals surface area contributed by atoms with Crippen LogP contribution < -0.4 is 10.2 Å². The third kappa shape index (κ3) is 6.46. The van der Waals surface area contributed by atoms with Crippen molar-refractivity contribution in [1.29, 1.82) is 0 Å². The lowest BCUT2D eigenvalue weighted by atomic mass is 10.1. The summed E-state index contributed by atoms with van der Waals surface area (Å²) in [5, 5.41) is 3.01. The topological polar surface area (TPSA) is 32.3 Å². The van der Waals surface area contributed by atoms with E-state index in [2.05, 4.69) is 41.4 Å². The highest BCUT2D eigenvalue weighted by molar-refractivity contribution is 7.98. The number of rotatable bonds is 9. The Balaban J connectivity index is 1.72. The predicted octanol–water partition coefficient (Wildman–Crippen LogP) is 4.37. The van der Waals surface area contributed by atoms with Gasteiger partial charge in [0.1, 0.15) is 0 Å². The largest absolute Gasteiger partial charge is 0.378 e. The quantitative estimate of drug-likeness (QED) is 0.677. The maximum Gasteiger partial charge on any atom is 0.251 e. The second-order valence-electron chi connectivity index (χ2n) is 6.25. The van der Waals surface area contributed by atoms with Crippen LogP contribution in [0.15, 0.2) is 48.5 Å². The molecule has 0 aromatic heterocycles. The van der Waals surface area contributed by atoms with Gasteiger partial charge in [-0.1, -0.05) is 31.2 Å². The van der Waals surface area contributed by atoms with Crippen molar-refractivity contribution < 1.29 is 4.79 Å². The van der Waals surface area contributed by atoms with Gasteiger partial charge in [-0.25, -0.2) is 0 Å². The summed E-state index contributed by atoms with van der Waals surface area (Å²) in [6, 6.07) is 16.5. The van der Waals surface area contributed by atoms with E-state index in [1.165, 1.54) is 16.8 Å². The molecule has 134 valence electrons. The summed E-state index contributed by atoms with van der Waals surface area (Å²) < 4.78 is 0. The van der Waals surface area contributed by atoms with Gasteiger partial charge in [0.05, 0.1) is 0 Å². The van der Waals surface area contributed by atoms with Gasteiger partial charge in [0.25, 0.3) is 5.91 Å². The third-order valence-corrected chi connectivity index (χ3v) is 5.02. The summed E-state index contributed by atoms with van der Waals surface area (Å²) in [6.45, 7) is 2.85. The summed E-state index contributed by atoms with van der Waals surface area (Å²) in [5.41, 5.74) is 4.51. The molecule has 1 amide bonds. The maximum absolute atomic E-state index is 12.2.